The predicted octanol–water partition coefficient (Wildman–Crippen LogP) is 2.87. The zero-order chi connectivity index (χ0) is 17.8. The fraction of sp³-hybridized carbons (Fsp3) is 0.350. The number of hydrogen-bond acceptors (Lipinski definition) is 5. The number of nitrogens with one attached hydrogen (secondary N) is 1. The van der Waals surface area contributed by atoms with E-state index in [0.717, 1.165) is 23.7 Å². The van der Waals surface area contributed by atoms with Crippen molar-refractivity contribution in [3.05, 3.63) is 48.0 Å². The van der Waals surface area contributed by atoms with Crippen LogP contribution >= 0.6 is 0 Å². The molecule has 0 aromatic heterocycles. The summed E-state index contributed by atoms with van der Waals surface area (Å²) in [6.07, 6.45) is 1.59. The molecule has 2 aromatic rings. The van der Waals surface area contributed by atoms with E-state index >= 15 is 0 Å². The second-order valence-corrected chi connectivity index (χ2v) is 6.48. The van der Waals surface area contributed by atoms with Gasteiger partial charge in [0, 0.05) is 12.0 Å². The lowest BCUT2D eigenvalue weighted by molar-refractivity contribution is -0.163. The molecule has 1 unspecified atom stereocenters. The van der Waals surface area contributed by atoms with Crippen LogP contribution in [0, 0.1) is 5.92 Å². The van der Waals surface area contributed by atoms with Gasteiger partial charge in [-0.3, -0.25) is 9.59 Å². The molecule has 2 aromatic carbocycles. The number of fused-ring (bicyclic) bond motifs is 1. The summed E-state index contributed by atoms with van der Waals surface area (Å²) in [5.41, 5.74) is 0.558. The third-order valence-electron chi connectivity index (χ3n) is 4.51. The second-order valence-electron chi connectivity index (χ2n) is 6.48. The summed E-state index contributed by atoms with van der Waals surface area (Å²) < 4.78 is 4.91. The van der Waals surface area contributed by atoms with Crippen molar-refractivity contribution in [1.82, 2.24) is 5.32 Å². The molecule has 0 spiro atoms. The monoisotopic (exact) mass is 339 g/mol. The molecule has 25 heavy (non-hydrogen) atoms. The Morgan fingerprint density at radius 2 is 1.92 bits per heavy atom. The van der Waals surface area contributed by atoms with Crippen LogP contribution in [0.1, 0.15) is 36.5 Å². The quantitative estimate of drug-likeness (QED) is 0.515. The molecule has 130 valence electrons. The first-order valence-electron chi connectivity index (χ1n) is 8.55. The summed E-state index contributed by atoms with van der Waals surface area (Å²) in [4.78, 5) is 36.4. The van der Waals surface area contributed by atoms with Crippen molar-refractivity contribution in [3.63, 3.8) is 0 Å². The first kappa shape index (κ1) is 17.3. The Morgan fingerprint density at radius 3 is 2.64 bits per heavy atom. The van der Waals surface area contributed by atoms with E-state index < -0.39 is 23.9 Å². The van der Waals surface area contributed by atoms with Crippen molar-refractivity contribution in [3.8, 4) is 0 Å². The SMILES string of the molecule is CC(CC(=O)c1ccc2ccccc2c1)C(=O)OC(=O)[C@@H]1CCCN1. The van der Waals surface area contributed by atoms with Crippen LogP contribution in [0.2, 0.25) is 0 Å². The first-order chi connectivity index (χ1) is 12.0. The first-order valence-corrected chi connectivity index (χ1v) is 8.55. The Kier molecular flexibility index (Phi) is 5.24. The van der Waals surface area contributed by atoms with Crippen LogP contribution in [-0.2, 0) is 14.3 Å². The summed E-state index contributed by atoms with van der Waals surface area (Å²) >= 11 is 0. The van der Waals surface area contributed by atoms with Gasteiger partial charge in [-0.25, -0.2) is 4.79 Å². The average Bonchev–Trinajstić information content (AvgIpc) is 3.16. The normalized spacial score (nSPS) is 18.0. The minimum atomic E-state index is -0.663. The lowest BCUT2D eigenvalue weighted by atomic mass is 9.98. The second kappa shape index (κ2) is 7.57. The number of ether oxygens (including phenoxy) is 1. The van der Waals surface area contributed by atoms with Crippen molar-refractivity contribution >= 4 is 28.5 Å². The summed E-state index contributed by atoms with van der Waals surface area (Å²) in [5, 5.41) is 5.03. The van der Waals surface area contributed by atoms with E-state index in [0.29, 0.717) is 12.0 Å². The number of hydrogen-bond donors (Lipinski definition) is 1. The number of carbonyl (C=O) groups excluding carboxylic acids is 3. The Morgan fingerprint density at radius 1 is 1.16 bits per heavy atom. The third kappa shape index (κ3) is 4.12. The number of Topliss-reactive ketones (excluding diaryl/α,β-unsaturated/α-hetero) is 1. The van der Waals surface area contributed by atoms with Crippen LogP contribution in [0.4, 0.5) is 0 Å². The maximum absolute atomic E-state index is 12.4. The van der Waals surface area contributed by atoms with Gasteiger partial charge in [0.2, 0.25) is 0 Å². The lowest BCUT2D eigenvalue weighted by Gasteiger charge is -2.12. The molecule has 1 N–H and O–H groups in total. The predicted molar refractivity (Wildman–Crippen MR) is 94.2 cm³/mol. The van der Waals surface area contributed by atoms with Gasteiger partial charge in [0.1, 0.15) is 6.04 Å². The third-order valence-corrected chi connectivity index (χ3v) is 4.51. The maximum Gasteiger partial charge on any atom is 0.330 e. The molecule has 1 fully saturated rings. The highest BCUT2D eigenvalue weighted by Crippen LogP contribution is 2.19. The van der Waals surface area contributed by atoms with Crippen LogP contribution in [0.3, 0.4) is 0 Å². The van der Waals surface area contributed by atoms with Crippen LogP contribution in [0.25, 0.3) is 10.8 Å². The van der Waals surface area contributed by atoms with E-state index in [-0.39, 0.29) is 12.2 Å². The average molecular weight is 339 g/mol. The van der Waals surface area contributed by atoms with Crippen molar-refractivity contribution in [2.75, 3.05) is 6.54 Å². The highest BCUT2D eigenvalue weighted by atomic mass is 16.6. The molecule has 3 rings (SSSR count). The van der Waals surface area contributed by atoms with Crippen LogP contribution in [0.15, 0.2) is 42.5 Å². The van der Waals surface area contributed by atoms with Crippen molar-refractivity contribution in [2.24, 2.45) is 5.92 Å². The number of rotatable bonds is 5. The Hall–Kier alpha value is -2.53. The number of benzene rings is 2. The fourth-order valence-electron chi connectivity index (χ4n) is 3.00. The van der Waals surface area contributed by atoms with Gasteiger partial charge < -0.3 is 10.1 Å². The molecule has 5 nitrogen and oxygen atoms in total. The molecule has 0 aliphatic carbocycles. The molecule has 1 heterocycles. The molecule has 0 amide bonds. The Bertz CT molecular complexity index is 808. The van der Waals surface area contributed by atoms with Crippen molar-refractivity contribution in [1.29, 1.82) is 0 Å². The van der Waals surface area contributed by atoms with Gasteiger partial charge in [0.05, 0.1) is 5.92 Å². The molecule has 1 saturated heterocycles. The van der Waals surface area contributed by atoms with Crippen molar-refractivity contribution < 1.29 is 19.1 Å². The molecule has 1 aliphatic heterocycles. The van der Waals surface area contributed by atoms with Gasteiger partial charge in [-0.15, -0.1) is 0 Å². The largest absolute Gasteiger partial charge is 0.392 e. The number of carbonyl (C=O) groups is 3. The molecule has 5 heteroatoms. The minimum Gasteiger partial charge on any atom is -0.392 e. The Balaban J connectivity index is 1.60. The molecule has 0 bridgehead atoms. The van der Waals surface area contributed by atoms with E-state index in [4.69, 9.17) is 4.74 Å². The van der Waals surface area contributed by atoms with Crippen LogP contribution < -0.4 is 5.32 Å². The van der Waals surface area contributed by atoms with Gasteiger partial charge in [-0.05, 0) is 36.2 Å². The molecule has 0 radical (unpaired) electrons. The van der Waals surface area contributed by atoms with Crippen LogP contribution in [0.5, 0.6) is 0 Å². The molecular weight excluding hydrogens is 318 g/mol. The standard InChI is InChI=1S/C20H21NO4/c1-13(19(23)25-20(24)17-7-4-10-21-17)11-18(22)16-9-8-14-5-2-3-6-15(14)12-16/h2-3,5-6,8-9,12-13,17,21H,4,7,10-11H2,1H3/t13?,17-/m0/s1. The van der Waals surface area contributed by atoms with E-state index in [1.54, 1.807) is 13.0 Å². The van der Waals surface area contributed by atoms with E-state index in [1.807, 2.05) is 36.4 Å². The van der Waals surface area contributed by atoms with Gasteiger partial charge in [0.15, 0.2) is 5.78 Å². The summed E-state index contributed by atoms with van der Waals surface area (Å²) in [5.74, 6) is -1.99. The van der Waals surface area contributed by atoms with Crippen molar-refractivity contribution in [2.45, 2.75) is 32.2 Å². The molecule has 0 saturated carbocycles. The van der Waals surface area contributed by atoms with E-state index in [1.165, 1.54) is 0 Å². The topological polar surface area (TPSA) is 72.5 Å². The number of esters is 2. The highest BCUT2D eigenvalue weighted by molar-refractivity contribution is 6.02. The van der Waals surface area contributed by atoms with E-state index in [9.17, 15) is 14.4 Å². The van der Waals surface area contributed by atoms with Gasteiger partial charge in [-0.1, -0.05) is 43.3 Å². The highest BCUT2D eigenvalue weighted by Gasteiger charge is 2.28. The molecule has 2 atom stereocenters. The smallest absolute Gasteiger partial charge is 0.330 e. The number of ketones is 1. The summed E-state index contributed by atoms with van der Waals surface area (Å²) in [6.45, 7) is 2.36. The minimum absolute atomic E-state index is 0.0164. The van der Waals surface area contributed by atoms with Gasteiger partial charge >= 0.3 is 11.9 Å². The van der Waals surface area contributed by atoms with Crippen LogP contribution in [-0.4, -0.2) is 30.3 Å². The zero-order valence-corrected chi connectivity index (χ0v) is 14.2. The maximum atomic E-state index is 12.4. The molecular formula is C20H21NO4. The summed E-state index contributed by atoms with van der Waals surface area (Å²) in [7, 11) is 0. The lowest BCUT2D eigenvalue weighted by Crippen LogP contribution is -2.35. The van der Waals surface area contributed by atoms with E-state index in [2.05, 4.69) is 5.32 Å². The fourth-order valence-corrected chi connectivity index (χ4v) is 3.00. The van der Waals surface area contributed by atoms with Gasteiger partial charge in [-0.2, -0.15) is 0 Å². The Labute approximate surface area is 146 Å². The van der Waals surface area contributed by atoms with Gasteiger partial charge in [0.25, 0.3) is 0 Å². The molecule has 1 aliphatic rings. The summed E-state index contributed by atoms with van der Waals surface area (Å²) in [6, 6.07) is 12.8. The zero-order valence-electron chi connectivity index (χ0n) is 14.2.